The van der Waals surface area contributed by atoms with E-state index in [1.54, 1.807) is 50.2 Å². The fourth-order valence-corrected chi connectivity index (χ4v) is 13.1. The number of fused-ring (bicyclic) bond motifs is 2. The molecule has 0 aromatic heterocycles. The minimum atomic E-state index is -5.96. The standard InChI is InChI=1S/C61H67F4N3O9S3/c1-12-61(10,11)60(70)76-29-17-24-50(69)75-30-31-78-58-52(62)54(64)59(55(65)53(58)63)80(73,74)68-79(71,72)49-23-14-13-18-46(49)51-44-27-25-38(66-56-40(34(2)3)19-15-20-41(56)35(4)5)32-47(44)77-48-33-39(26-28-45(48)51)67-57-42(36(6)7)21-16-22-43(57)37(8)9/h13-16,18-23,25-28,32-37,66,68H,12,17,24,29-31H2,1-11H3. The number of rotatable bonds is 22. The zero-order chi connectivity index (χ0) is 58.6. The van der Waals surface area contributed by atoms with Crippen LogP contribution in [0.4, 0.5) is 34.6 Å². The van der Waals surface area contributed by atoms with Crippen LogP contribution in [-0.4, -0.2) is 47.7 Å². The molecule has 0 saturated carbocycles. The highest BCUT2D eigenvalue weighted by Crippen LogP contribution is 2.45. The molecule has 0 spiro atoms. The number of esters is 2. The predicted molar refractivity (Wildman–Crippen MR) is 306 cm³/mol. The average molecular weight is 1160 g/mol. The molecule has 80 heavy (non-hydrogen) atoms. The van der Waals surface area contributed by atoms with Gasteiger partial charge in [-0.2, -0.15) is 0 Å². The first-order valence-electron chi connectivity index (χ1n) is 26.5. The van der Waals surface area contributed by atoms with Crippen LogP contribution >= 0.6 is 11.8 Å². The van der Waals surface area contributed by atoms with Crippen molar-refractivity contribution in [2.24, 2.45) is 10.4 Å². The van der Waals surface area contributed by atoms with E-state index in [1.165, 1.54) is 22.3 Å². The normalized spacial score (nSPS) is 12.7. The van der Waals surface area contributed by atoms with Gasteiger partial charge < -0.3 is 19.2 Å². The molecule has 7 rings (SSSR count). The molecule has 0 fully saturated rings. The molecule has 426 valence electrons. The third-order valence-electron chi connectivity index (χ3n) is 13.8. The van der Waals surface area contributed by atoms with Gasteiger partial charge in [0.05, 0.1) is 32.9 Å². The van der Waals surface area contributed by atoms with Gasteiger partial charge in [0.2, 0.25) is 0 Å². The quantitative estimate of drug-likeness (QED) is 0.0165. The summed E-state index contributed by atoms with van der Waals surface area (Å²) in [6, 6.07) is 28.1. The molecule has 0 saturated heterocycles. The zero-order valence-corrected chi connectivity index (χ0v) is 49.1. The topological polar surface area (TPSA) is 170 Å². The number of nitrogens with one attached hydrogen (secondary N) is 2. The molecule has 0 unspecified atom stereocenters. The van der Waals surface area contributed by atoms with Gasteiger partial charge in [-0.3, -0.25) is 9.59 Å². The van der Waals surface area contributed by atoms with Crippen molar-refractivity contribution in [2.45, 2.75) is 134 Å². The molecule has 0 bridgehead atoms. The van der Waals surface area contributed by atoms with Gasteiger partial charge >= 0.3 is 11.9 Å². The molecule has 0 amide bonds. The number of ether oxygens (including phenoxy) is 2. The molecule has 19 heteroatoms. The van der Waals surface area contributed by atoms with Crippen LogP contribution in [0.25, 0.3) is 33.4 Å². The Balaban J connectivity index is 1.26. The SMILES string of the molecule is CCC(C)(C)C(=O)OCCCC(=O)OCCSc1c(F)c(F)c(S(=O)(=O)NS(=O)(=O)c2ccccc2-c2c3ccc(=Nc4c(C(C)C)cccc4C(C)C)cc-3oc3cc(Nc4c(C(C)C)cccc4C(C)C)ccc23)c(F)c1F. The third-order valence-corrected chi connectivity index (χ3v) is 18.4. The number of halogens is 4. The van der Waals surface area contributed by atoms with Gasteiger partial charge in [0.1, 0.15) is 18.0 Å². The molecule has 0 atom stereocenters. The molecule has 5 aromatic rings. The molecular formula is C61H67F4N3O9S3. The highest BCUT2D eigenvalue weighted by Gasteiger charge is 2.38. The number of para-hydroxylation sites is 2. The van der Waals surface area contributed by atoms with E-state index in [0.717, 1.165) is 39.7 Å². The lowest BCUT2D eigenvalue weighted by atomic mass is 9.91. The summed E-state index contributed by atoms with van der Waals surface area (Å²) in [4.78, 5) is 25.4. The van der Waals surface area contributed by atoms with E-state index < -0.39 is 87.7 Å². The average Bonchev–Trinajstić information content (AvgIpc) is 3.53. The number of carbonyl (C=O) groups is 2. The number of nitrogens with zero attached hydrogens (tertiary/aromatic N) is 1. The van der Waals surface area contributed by atoms with Crippen molar-refractivity contribution in [1.82, 2.24) is 4.13 Å². The first kappa shape index (κ1) is 61.1. The molecule has 5 aromatic carbocycles. The Morgan fingerprint density at radius 1 is 0.675 bits per heavy atom. The zero-order valence-electron chi connectivity index (χ0n) is 46.6. The summed E-state index contributed by atoms with van der Waals surface area (Å²) in [5, 5.41) is 4.53. The monoisotopic (exact) mass is 1160 g/mol. The molecule has 1 aliphatic heterocycles. The van der Waals surface area contributed by atoms with Crippen LogP contribution in [-0.2, 0) is 39.1 Å². The van der Waals surface area contributed by atoms with E-state index in [0.29, 0.717) is 34.0 Å². The van der Waals surface area contributed by atoms with Gasteiger partial charge in [0.15, 0.2) is 28.2 Å². The maximum absolute atomic E-state index is 15.9. The fourth-order valence-electron chi connectivity index (χ4n) is 9.11. The van der Waals surface area contributed by atoms with Crippen LogP contribution in [0, 0.1) is 28.7 Å². The summed E-state index contributed by atoms with van der Waals surface area (Å²) >= 11 is 0.193. The van der Waals surface area contributed by atoms with Gasteiger partial charge in [-0.05, 0) is 103 Å². The van der Waals surface area contributed by atoms with Gasteiger partial charge in [0.25, 0.3) is 20.0 Å². The maximum atomic E-state index is 15.9. The molecule has 2 N–H and O–H groups in total. The van der Waals surface area contributed by atoms with Crippen molar-refractivity contribution in [2.75, 3.05) is 24.3 Å². The van der Waals surface area contributed by atoms with Gasteiger partial charge in [0, 0.05) is 57.8 Å². The number of anilines is 2. The smallest absolute Gasteiger partial charge is 0.311 e. The summed E-state index contributed by atoms with van der Waals surface area (Å²) in [5.74, 6) is -9.77. The van der Waals surface area contributed by atoms with E-state index >= 15 is 17.6 Å². The van der Waals surface area contributed by atoms with E-state index in [-0.39, 0.29) is 71.8 Å². The van der Waals surface area contributed by atoms with Crippen LogP contribution in [0.15, 0.2) is 121 Å². The largest absolute Gasteiger partial charge is 0.465 e. The Morgan fingerprint density at radius 3 is 1.85 bits per heavy atom. The number of benzene rings is 6. The third kappa shape index (κ3) is 13.3. The summed E-state index contributed by atoms with van der Waals surface area (Å²) < 4.78 is 138. The Labute approximate surface area is 470 Å². The van der Waals surface area contributed by atoms with Crippen LogP contribution in [0.2, 0.25) is 0 Å². The second-order valence-electron chi connectivity index (χ2n) is 21.4. The molecule has 0 radical (unpaired) electrons. The Hall–Kier alpha value is -6.54. The van der Waals surface area contributed by atoms with Gasteiger partial charge in [-0.15, -0.1) is 15.9 Å². The minimum absolute atomic E-state index is 0.0585. The lowest BCUT2D eigenvalue weighted by Gasteiger charge is -2.22. The Kier molecular flexibility index (Phi) is 19.2. The van der Waals surface area contributed by atoms with Gasteiger partial charge in [-0.25, -0.2) is 39.4 Å². The summed E-state index contributed by atoms with van der Waals surface area (Å²) in [7, 11) is -11.4. The van der Waals surface area contributed by atoms with Gasteiger partial charge in [-0.1, -0.05) is 117 Å². The Bertz CT molecular complexity index is 3670. The lowest BCUT2D eigenvalue weighted by Crippen LogP contribution is -2.33. The molecule has 2 aliphatic rings. The second-order valence-corrected chi connectivity index (χ2v) is 26.0. The highest BCUT2D eigenvalue weighted by atomic mass is 32.3. The number of thioether (sulfide) groups is 1. The number of carbonyl (C=O) groups excluding carboxylic acids is 2. The Morgan fingerprint density at radius 2 is 1.26 bits per heavy atom. The predicted octanol–water partition coefficient (Wildman–Crippen LogP) is 15.3. The van der Waals surface area contributed by atoms with E-state index in [1.807, 2.05) is 31.2 Å². The van der Waals surface area contributed by atoms with Crippen molar-refractivity contribution < 1.29 is 57.9 Å². The summed E-state index contributed by atoms with van der Waals surface area (Å²) in [6.45, 7) is 21.5. The van der Waals surface area contributed by atoms with Crippen LogP contribution in [0.3, 0.4) is 0 Å². The first-order valence-corrected chi connectivity index (χ1v) is 30.4. The molecule has 1 aliphatic carbocycles. The van der Waals surface area contributed by atoms with E-state index in [2.05, 4.69) is 72.8 Å². The summed E-state index contributed by atoms with van der Waals surface area (Å²) in [5.41, 5.74) is 6.78. The van der Waals surface area contributed by atoms with Crippen LogP contribution in [0.5, 0.6) is 0 Å². The van der Waals surface area contributed by atoms with Crippen LogP contribution in [0.1, 0.15) is 141 Å². The van der Waals surface area contributed by atoms with Crippen molar-refractivity contribution >= 4 is 71.8 Å². The van der Waals surface area contributed by atoms with Crippen molar-refractivity contribution in [1.29, 1.82) is 0 Å². The van der Waals surface area contributed by atoms with Crippen LogP contribution < -0.4 is 14.8 Å². The van der Waals surface area contributed by atoms with Crippen molar-refractivity contribution in [3.8, 4) is 22.5 Å². The number of sulfonamides is 2. The lowest BCUT2D eigenvalue weighted by molar-refractivity contribution is -0.155. The van der Waals surface area contributed by atoms with Crippen molar-refractivity contribution in [3.05, 3.63) is 148 Å². The molecular weight excluding hydrogens is 1090 g/mol. The molecule has 12 nitrogen and oxygen atoms in total. The van der Waals surface area contributed by atoms with Crippen molar-refractivity contribution in [3.63, 3.8) is 0 Å². The second kappa shape index (κ2) is 25.1. The minimum Gasteiger partial charge on any atom is -0.465 e. The molecule has 1 heterocycles. The maximum Gasteiger partial charge on any atom is 0.311 e. The fraction of sp³-hybridized carbons (Fsp3) is 0.361. The van der Waals surface area contributed by atoms with E-state index in [4.69, 9.17) is 18.9 Å². The van der Waals surface area contributed by atoms with E-state index in [9.17, 15) is 26.4 Å². The number of hydrogen-bond donors (Lipinski definition) is 2. The highest BCUT2D eigenvalue weighted by molar-refractivity contribution is 8.04. The number of hydrogen-bond acceptors (Lipinski definition) is 12. The first-order chi connectivity index (χ1) is 37.7. The summed E-state index contributed by atoms with van der Waals surface area (Å²) in [6.07, 6.45) is 0.492.